The van der Waals surface area contributed by atoms with Crippen molar-refractivity contribution < 1.29 is 19.0 Å². The molecule has 2 aromatic heterocycles. The first kappa shape index (κ1) is 21.4. The van der Waals surface area contributed by atoms with Gasteiger partial charge in [-0.25, -0.2) is 14.8 Å². The van der Waals surface area contributed by atoms with E-state index in [1.807, 2.05) is 44.2 Å². The summed E-state index contributed by atoms with van der Waals surface area (Å²) in [5.41, 5.74) is 9.61. The summed E-state index contributed by atoms with van der Waals surface area (Å²) in [6.45, 7) is 4.38. The van der Waals surface area contributed by atoms with E-state index >= 15 is 0 Å². The number of anilines is 1. The molecule has 2 aromatic carbocycles. The third kappa shape index (κ3) is 3.68. The number of carbonyl (C=O) groups excluding carboxylic acids is 1. The molecule has 0 aliphatic heterocycles. The second-order valence-electron chi connectivity index (χ2n) is 7.63. The van der Waals surface area contributed by atoms with Crippen molar-refractivity contribution in [2.45, 2.75) is 20.3 Å². The van der Waals surface area contributed by atoms with Gasteiger partial charge in [-0.2, -0.15) is 0 Å². The maximum Gasteiger partial charge on any atom is 0.344 e. The molecular formula is C24H26N4O4. The van der Waals surface area contributed by atoms with Gasteiger partial charge in [0.15, 0.2) is 17.1 Å². The smallest absolute Gasteiger partial charge is 0.344 e. The summed E-state index contributed by atoms with van der Waals surface area (Å²) < 4.78 is 18.0. The van der Waals surface area contributed by atoms with E-state index in [1.54, 1.807) is 30.9 Å². The van der Waals surface area contributed by atoms with Crippen molar-refractivity contribution in [1.82, 2.24) is 14.5 Å². The third-order valence-corrected chi connectivity index (χ3v) is 5.52. The van der Waals surface area contributed by atoms with Gasteiger partial charge >= 0.3 is 5.97 Å². The van der Waals surface area contributed by atoms with Crippen molar-refractivity contribution in [2.24, 2.45) is 5.92 Å². The van der Waals surface area contributed by atoms with E-state index in [2.05, 4.69) is 0 Å². The SMILES string of the molecule is CC[C@@H](C)COC(=O)c1c(N)n(-c2ccc(OC)c(OC)c2)c2nc3ccccc3nc12. The molecule has 8 nitrogen and oxygen atoms in total. The average Bonchev–Trinajstić information content (AvgIpc) is 3.10. The lowest BCUT2D eigenvalue weighted by atomic mass is 10.1. The van der Waals surface area contributed by atoms with Gasteiger partial charge in [0.2, 0.25) is 0 Å². The lowest BCUT2D eigenvalue weighted by Crippen LogP contribution is -2.13. The highest BCUT2D eigenvalue weighted by molar-refractivity contribution is 6.09. The Morgan fingerprint density at radius 2 is 1.75 bits per heavy atom. The molecule has 0 fully saturated rings. The summed E-state index contributed by atoms with van der Waals surface area (Å²) in [4.78, 5) is 22.6. The summed E-state index contributed by atoms with van der Waals surface area (Å²) >= 11 is 0. The molecule has 4 aromatic rings. The normalized spacial score (nSPS) is 12.1. The van der Waals surface area contributed by atoms with Gasteiger partial charge in [0.1, 0.15) is 16.9 Å². The highest BCUT2D eigenvalue weighted by Gasteiger charge is 2.26. The summed E-state index contributed by atoms with van der Waals surface area (Å²) in [7, 11) is 3.13. The minimum Gasteiger partial charge on any atom is -0.493 e. The molecule has 0 saturated carbocycles. The van der Waals surface area contributed by atoms with Crippen molar-refractivity contribution in [3.63, 3.8) is 0 Å². The Morgan fingerprint density at radius 1 is 1.06 bits per heavy atom. The van der Waals surface area contributed by atoms with Crippen LogP contribution in [0.15, 0.2) is 42.5 Å². The Hall–Kier alpha value is -3.81. The zero-order valence-corrected chi connectivity index (χ0v) is 18.6. The zero-order chi connectivity index (χ0) is 22.8. The first-order chi connectivity index (χ1) is 15.5. The van der Waals surface area contributed by atoms with Gasteiger partial charge in [0, 0.05) is 6.07 Å². The Balaban J connectivity index is 1.95. The van der Waals surface area contributed by atoms with Crippen LogP contribution in [0.3, 0.4) is 0 Å². The number of aromatic nitrogens is 3. The number of nitrogens with two attached hydrogens (primary N) is 1. The lowest BCUT2D eigenvalue weighted by molar-refractivity contribution is 0.0450. The second-order valence-corrected chi connectivity index (χ2v) is 7.63. The summed E-state index contributed by atoms with van der Waals surface area (Å²) in [6.07, 6.45) is 0.903. The number of hydrogen-bond donors (Lipinski definition) is 1. The van der Waals surface area contributed by atoms with Crippen LogP contribution in [0, 0.1) is 5.92 Å². The highest BCUT2D eigenvalue weighted by atomic mass is 16.5. The molecule has 2 heterocycles. The van der Waals surface area contributed by atoms with E-state index in [1.165, 1.54) is 0 Å². The molecule has 0 spiro atoms. The molecule has 2 N–H and O–H groups in total. The molecular weight excluding hydrogens is 408 g/mol. The van der Waals surface area contributed by atoms with Gasteiger partial charge in [-0.15, -0.1) is 0 Å². The van der Waals surface area contributed by atoms with Gasteiger partial charge < -0.3 is 19.9 Å². The number of benzene rings is 2. The lowest BCUT2D eigenvalue weighted by Gasteiger charge is -2.12. The van der Waals surface area contributed by atoms with Crippen LogP contribution in [0.5, 0.6) is 11.5 Å². The van der Waals surface area contributed by atoms with Crippen LogP contribution in [-0.4, -0.2) is 41.3 Å². The number of para-hydroxylation sites is 2. The van der Waals surface area contributed by atoms with Crippen LogP contribution in [0.4, 0.5) is 5.82 Å². The van der Waals surface area contributed by atoms with Crippen molar-refractivity contribution in [1.29, 1.82) is 0 Å². The molecule has 1 atom stereocenters. The molecule has 8 heteroatoms. The van der Waals surface area contributed by atoms with Crippen molar-refractivity contribution in [2.75, 3.05) is 26.6 Å². The molecule has 0 unspecified atom stereocenters. The van der Waals surface area contributed by atoms with Crippen LogP contribution in [0.25, 0.3) is 27.9 Å². The minimum atomic E-state index is -0.517. The van der Waals surface area contributed by atoms with E-state index in [0.717, 1.165) is 6.42 Å². The van der Waals surface area contributed by atoms with Gasteiger partial charge in [0.05, 0.1) is 37.5 Å². The van der Waals surface area contributed by atoms with E-state index in [9.17, 15) is 4.79 Å². The van der Waals surface area contributed by atoms with Gasteiger partial charge in [-0.05, 0) is 30.2 Å². The number of fused-ring (bicyclic) bond motifs is 2. The zero-order valence-electron chi connectivity index (χ0n) is 18.6. The molecule has 0 saturated heterocycles. The number of carbonyl (C=O) groups is 1. The van der Waals surface area contributed by atoms with Crippen LogP contribution < -0.4 is 15.2 Å². The van der Waals surface area contributed by atoms with Gasteiger partial charge in [0.25, 0.3) is 0 Å². The number of nitrogens with zero attached hydrogens (tertiary/aromatic N) is 3. The molecule has 0 radical (unpaired) electrons. The largest absolute Gasteiger partial charge is 0.493 e. The number of esters is 1. The number of rotatable bonds is 7. The van der Waals surface area contributed by atoms with Crippen LogP contribution in [-0.2, 0) is 4.74 Å². The number of nitrogen functional groups attached to an aromatic ring is 1. The van der Waals surface area contributed by atoms with E-state index in [0.29, 0.717) is 46.0 Å². The standard InChI is InChI=1S/C24H26N4O4/c1-5-14(2)13-32-24(29)20-21-23(27-17-9-7-6-8-16(17)26-21)28(22(20)25)15-10-11-18(30-3)19(12-15)31-4/h6-12,14H,5,13,25H2,1-4H3/t14-/m1/s1. The van der Waals surface area contributed by atoms with Crippen molar-refractivity contribution >= 4 is 34.0 Å². The van der Waals surface area contributed by atoms with Crippen molar-refractivity contribution in [3.05, 3.63) is 48.0 Å². The van der Waals surface area contributed by atoms with Crippen LogP contribution in [0.2, 0.25) is 0 Å². The maximum atomic E-state index is 13.1. The number of ether oxygens (including phenoxy) is 3. The first-order valence-electron chi connectivity index (χ1n) is 10.4. The molecule has 166 valence electrons. The fourth-order valence-corrected chi connectivity index (χ4v) is 3.50. The number of hydrogen-bond acceptors (Lipinski definition) is 7. The molecule has 32 heavy (non-hydrogen) atoms. The Morgan fingerprint density at radius 3 is 2.41 bits per heavy atom. The predicted molar refractivity (Wildman–Crippen MR) is 124 cm³/mol. The Bertz CT molecular complexity index is 1300. The Kier molecular flexibility index (Phi) is 5.85. The summed E-state index contributed by atoms with van der Waals surface area (Å²) in [6, 6.07) is 12.8. The number of methoxy groups -OCH3 is 2. The topological polar surface area (TPSA) is 101 Å². The van der Waals surface area contributed by atoms with E-state index < -0.39 is 5.97 Å². The maximum absolute atomic E-state index is 13.1. The first-order valence-corrected chi connectivity index (χ1v) is 10.4. The quantitative estimate of drug-likeness (QED) is 0.431. The molecule has 4 rings (SSSR count). The molecule has 0 aliphatic rings. The summed E-state index contributed by atoms with van der Waals surface area (Å²) in [5, 5.41) is 0. The fraction of sp³-hybridized carbons (Fsp3) is 0.292. The minimum absolute atomic E-state index is 0.205. The van der Waals surface area contributed by atoms with Crippen LogP contribution >= 0.6 is 0 Å². The molecule has 0 bridgehead atoms. The van der Waals surface area contributed by atoms with Crippen molar-refractivity contribution in [3.8, 4) is 17.2 Å². The summed E-state index contributed by atoms with van der Waals surface area (Å²) in [5.74, 6) is 1.04. The van der Waals surface area contributed by atoms with E-state index in [4.69, 9.17) is 29.9 Å². The predicted octanol–water partition coefficient (Wildman–Crippen LogP) is 4.38. The fourth-order valence-electron chi connectivity index (χ4n) is 3.50. The van der Waals surface area contributed by atoms with Crippen LogP contribution in [0.1, 0.15) is 30.6 Å². The third-order valence-electron chi connectivity index (χ3n) is 5.52. The molecule has 0 amide bonds. The highest BCUT2D eigenvalue weighted by Crippen LogP contribution is 2.35. The Labute approximate surface area is 185 Å². The van der Waals surface area contributed by atoms with E-state index in [-0.39, 0.29) is 17.3 Å². The van der Waals surface area contributed by atoms with Gasteiger partial charge in [-0.3, -0.25) is 4.57 Å². The average molecular weight is 434 g/mol. The molecule has 0 aliphatic carbocycles. The monoisotopic (exact) mass is 434 g/mol. The van der Waals surface area contributed by atoms with Gasteiger partial charge in [-0.1, -0.05) is 32.4 Å². The second kappa shape index (κ2) is 8.74.